The topological polar surface area (TPSA) is 59.8 Å². The Morgan fingerprint density at radius 1 is 1.40 bits per heavy atom. The number of nitrogens with zero attached hydrogens (tertiary/aromatic N) is 3. The summed E-state index contributed by atoms with van der Waals surface area (Å²) in [5.41, 5.74) is 3.44. The van der Waals surface area contributed by atoms with Gasteiger partial charge >= 0.3 is 0 Å². The summed E-state index contributed by atoms with van der Waals surface area (Å²) in [6.07, 6.45) is 0.683. The zero-order valence-electron chi connectivity index (χ0n) is 11.0. The zero-order chi connectivity index (χ0) is 14.4. The Morgan fingerprint density at radius 3 is 2.80 bits per heavy atom. The van der Waals surface area contributed by atoms with Gasteiger partial charge in [0.25, 0.3) is 5.91 Å². The Balaban J connectivity index is 2.32. The van der Waals surface area contributed by atoms with E-state index in [9.17, 15) is 4.79 Å². The van der Waals surface area contributed by atoms with Crippen molar-refractivity contribution in [1.82, 2.24) is 20.3 Å². The molecule has 0 radical (unpaired) electrons. The van der Waals surface area contributed by atoms with Gasteiger partial charge in [0.05, 0.1) is 22.0 Å². The van der Waals surface area contributed by atoms with Crippen molar-refractivity contribution in [2.24, 2.45) is 7.05 Å². The molecule has 1 aliphatic heterocycles. The van der Waals surface area contributed by atoms with Crippen molar-refractivity contribution < 1.29 is 4.79 Å². The second-order valence-electron chi connectivity index (χ2n) is 4.73. The average Bonchev–Trinajstić information content (AvgIpc) is 2.73. The number of aromatic nitrogens is 3. The minimum atomic E-state index is -0.187. The van der Waals surface area contributed by atoms with Crippen LogP contribution in [0.15, 0.2) is 6.07 Å². The molecule has 0 spiro atoms. The first kappa shape index (κ1) is 13.4. The molecule has 1 amide bonds. The van der Waals surface area contributed by atoms with Crippen molar-refractivity contribution in [3.05, 3.63) is 32.9 Å². The standard InChI is InChI=1S/C13H12Cl2N4O/c1-6-12(19(2)18-17-6)8-5-9(14)7-3-4-16-13(20)10(7)11(8)15/h5H,3-4H2,1-2H3,(H,16,20). The lowest BCUT2D eigenvalue weighted by atomic mass is 9.96. The summed E-state index contributed by atoms with van der Waals surface area (Å²) in [6.45, 7) is 2.42. The van der Waals surface area contributed by atoms with E-state index >= 15 is 0 Å². The lowest BCUT2D eigenvalue weighted by molar-refractivity contribution is 0.0946. The van der Waals surface area contributed by atoms with Crippen molar-refractivity contribution in [1.29, 1.82) is 0 Å². The maximum atomic E-state index is 12.1. The molecule has 0 saturated carbocycles. The van der Waals surface area contributed by atoms with Gasteiger partial charge in [-0.3, -0.25) is 4.79 Å². The number of fused-ring (bicyclic) bond motifs is 1. The number of aryl methyl sites for hydroxylation is 2. The number of amides is 1. The smallest absolute Gasteiger partial charge is 0.253 e. The summed E-state index contributed by atoms with van der Waals surface area (Å²) < 4.78 is 1.63. The molecular formula is C13H12Cl2N4O. The molecule has 20 heavy (non-hydrogen) atoms. The van der Waals surface area contributed by atoms with Gasteiger partial charge in [-0.2, -0.15) is 0 Å². The van der Waals surface area contributed by atoms with Crippen LogP contribution in [0, 0.1) is 6.92 Å². The normalized spacial score (nSPS) is 14.1. The maximum absolute atomic E-state index is 12.1. The first-order chi connectivity index (χ1) is 9.50. The SMILES string of the molecule is Cc1nnn(C)c1-c1cc(Cl)c2c(c1Cl)C(=O)NCC2. The molecule has 1 aromatic heterocycles. The lowest BCUT2D eigenvalue weighted by Crippen LogP contribution is -2.32. The molecule has 0 bridgehead atoms. The average molecular weight is 311 g/mol. The van der Waals surface area contributed by atoms with Crippen LogP contribution < -0.4 is 5.32 Å². The van der Waals surface area contributed by atoms with E-state index in [0.29, 0.717) is 34.1 Å². The monoisotopic (exact) mass is 310 g/mol. The molecule has 1 aliphatic rings. The number of carbonyl (C=O) groups is 1. The van der Waals surface area contributed by atoms with Gasteiger partial charge in [0.2, 0.25) is 0 Å². The second kappa shape index (κ2) is 4.75. The maximum Gasteiger partial charge on any atom is 0.253 e. The molecule has 0 saturated heterocycles. The van der Waals surface area contributed by atoms with E-state index in [2.05, 4.69) is 15.6 Å². The summed E-state index contributed by atoms with van der Waals surface area (Å²) in [5.74, 6) is -0.187. The van der Waals surface area contributed by atoms with Crippen molar-refractivity contribution in [3.63, 3.8) is 0 Å². The molecule has 2 heterocycles. The van der Waals surface area contributed by atoms with Gasteiger partial charge < -0.3 is 5.32 Å². The minimum absolute atomic E-state index is 0.187. The predicted octanol–water partition coefficient (Wildman–Crippen LogP) is 2.38. The first-order valence-electron chi connectivity index (χ1n) is 6.16. The predicted molar refractivity (Wildman–Crippen MR) is 77.2 cm³/mol. The highest BCUT2D eigenvalue weighted by molar-refractivity contribution is 6.39. The minimum Gasteiger partial charge on any atom is -0.352 e. The summed E-state index contributed by atoms with van der Waals surface area (Å²) in [5, 5.41) is 11.7. The highest BCUT2D eigenvalue weighted by Gasteiger charge is 2.26. The fourth-order valence-electron chi connectivity index (χ4n) is 2.54. The van der Waals surface area contributed by atoms with Crippen LogP contribution in [0.2, 0.25) is 10.0 Å². The van der Waals surface area contributed by atoms with Crippen LogP contribution >= 0.6 is 23.2 Å². The Bertz CT molecular complexity index is 704. The van der Waals surface area contributed by atoms with Crippen LogP contribution in [0.1, 0.15) is 21.6 Å². The van der Waals surface area contributed by atoms with Crippen LogP contribution in [0.3, 0.4) is 0 Å². The van der Waals surface area contributed by atoms with Crippen LogP contribution in [0.25, 0.3) is 11.3 Å². The second-order valence-corrected chi connectivity index (χ2v) is 5.51. The van der Waals surface area contributed by atoms with E-state index in [0.717, 1.165) is 17.0 Å². The Morgan fingerprint density at radius 2 is 2.15 bits per heavy atom. The van der Waals surface area contributed by atoms with Crippen molar-refractivity contribution in [3.8, 4) is 11.3 Å². The van der Waals surface area contributed by atoms with Gasteiger partial charge in [-0.05, 0) is 25.0 Å². The van der Waals surface area contributed by atoms with Crippen LogP contribution in [-0.2, 0) is 13.5 Å². The number of carbonyl (C=O) groups excluding carboxylic acids is 1. The van der Waals surface area contributed by atoms with Crippen molar-refractivity contribution in [2.45, 2.75) is 13.3 Å². The molecule has 7 heteroatoms. The number of benzene rings is 1. The van der Waals surface area contributed by atoms with E-state index in [1.807, 2.05) is 6.92 Å². The zero-order valence-corrected chi connectivity index (χ0v) is 12.5. The van der Waals surface area contributed by atoms with Crippen LogP contribution in [-0.4, -0.2) is 27.4 Å². The van der Waals surface area contributed by atoms with Gasteiger partial charge in [-0.15, -0.1) is 5.10 Å². The molecule has 104 valence electrons. The summed E-state index contributed by atoms with van der Waals surface area (Å²) in [6, 6.07) is 1.78. The molecular weight excluding hydrogens is 299 g/mol. The molecule has 1 aromatic carbocycles. The summed E-state index contributed by atoms with van der Waals surface area (Å²) in [7, 11) is 1.78. The molecule has 0 atom stereocenters. The Kier molecular flexibility index (Phi) is 3.18. The number of hydrogen-bond donors (Lipinski definition) is 1. The molecule has 0 fully saturated rings. The van der Waals surface area contributed by atoms with Gasteiger partial charge in [-0.25, -0.2) is 4.68 Å². The van der Waals surface area contributed by atoms with Crippen molar-refractivity contribution >= 4 is 29.1 Å². The third-order valence-electron chi connectivity index (χ3n) is 3.46. The number of halogens is 2. The highest BCUT2D eigenvalue weighted by Crippen LogP contribution is 2.38. The van der Waals surface area contributed by atoms with Gasteiger partial charge in [0.15, 0.2) is 0 Å². The summed E-state index contributed by atoms with van der Waals surface area (Å²) >= 11 is 12.8. The quantitative estimate of drug-likeness (QED) is 0.879. The fourth-order valence-corrected chi connectivity index (χ4v) is 3.18. The molecule has 3 rings (SSSR count). The van der Waals surface area contributed by atoms with E-state index in [4.69, 9.17) is 23.2 Å². The highest BCUT2D eigenvalue weighted by atomic mass is 35.5. The van der Waals surface area contributed by atoms with E-state index in [1.165, 1.54) is 0 Å². The number of nitrogens with one attached hydrogen (secondary N) is 1. The summed E-state index contributed by atoms with van der Waals surface area (Å²) in [4.78, 5) is 12.1. The molecule has 5 nitrogen and oxygen atoms in total. The third kappa shape index (κ3) is 1.89. The molecule has 0 aliphatic carbocycles. The molecule has 1 N–H and O–H groups in total. The molecule has 0 unspecified atom stereocenters. The Labute approximate surface area is 125 Å². The van der Waals surface area contributed by atoms with Gasteiger partial charge in [0.1, 0.15) is 0 Å². The first-order valence-corrected chi connectivity index (χ1v) is 6.92. The van der Waals surface area contributed by atoms with Crippen LogP contribution in [0.4, 0.5) is 0 Å². The van der Waals surface area contributed by atoms with Crippen molar-refractivity contribution in [2.75, 3.05) is 6.54 Å². The van der Waals surface area contributed by atoms with E-state index in [-0.39, 0.29) is 5.91 Å². The Hall–Kier alpha value is -1.59. The van der Waals surface area contributed by atoms with Gasteiger partial charge in [-0.1, -0.05) is 28.4 Å². The fraction of sp³-hybridized carbons (Fsp3) is 0.308. The third-order valence-corrected chi connectivity index (χ3v) is 4.18. The van der Waals surface area contributed by atoms with Gasteiger partial charge in [0, 0.05) is 24.2 Å². The molecule has 2 aromatic rings. The lowest BCUT2D eigenvalue weighted by Gasteiger charge is -2.21. The number of rotatable bonds is 1. The van der Waals surface area contributed by atoms with E-state index in [1.54, 1.807) is 17.8 Å². The number of hydrogen-bond acceptors (Lipinski definition) is 3. The van der Waals surface area contributed by atoms with Crippen LogP contribution in [0.5, 0.6) is 0 Å². The van der Waals surface area contributed by atoms with E-state index < -0.39 is 0 Å². The largest absolute Gasteiger partial charge is 0.352 e.